The van der Waals surface area contributed by atoms with Crippen LogP contribution in [-0.4, -0.2) is 29.4 Å². The van der Waals surface area contributed by atoms with Gasteiger partial charge in [-0.3, -0.25) is 9.59 Å². The summed E-state index contributed by atoms with van der Waals surface area (Å²) in [6.45, 7) is 5.17. The number of carboxylic acids is 1. The van der Waals surface area contributed by atoms with E-state index >= 15 is 0 Å². The van der Waals surface area contributed by atoms with Gasteiger partial charge in [-0.05, 0) is 12.1 Å². The van der Waals surface area contributed by atoms with Crippen molar-refractivity contribution in [3.8, 4) is 0 Å². The second kappa shape index (κ2) is 6.23. The number of nitrogens with one attached hydrogen (secondary N) is 2. The number of aromatic carboxylic acids is 1. The zero-order valence-corrected chi connectivity index (χ0v) is 11.6. The number of carbonyl (C=O) groups is 3. The van der Waals surface area contributed by atoms with E-state index in [9.17, 15) is 14.4 Å². The fourth-order valence-corrected chi connectivity index (χ4v) is 1.26. The van der Waals surface area contributed by atoms with Crippen LogP contribution in [0.2, 0.25) is 0 Å². The normalized spacial score (nSPS) is 10.9. The van der Waals surface area contributed by atoms with Gasteiger partial charge in [-0.25, -0.2) is 4.79 Å². The molecule has 1 aromatic heterocycles. The van der Waals surface area contributed by atoms with Crippen molar-refractivity contribution in [2.24, 2.45) is 5.41 Å². The van der Waals surface area contributed by atoms with E-state index in [1.54, 1.807) is 20.8 Å². The molecule has 0 saturated carbocycles. The predicted octanol–water partition coefficient (Wildman–Crippen LogP) is 0.756. The number of hydrogen-bond donors (Lipinski definition) is 3. The Kier molecular flexibility index (Phi) is 4.90. The van der Waals surface area contributed by atoms with Crippen LogP contribution in [0.4, 0.5) is 0 Å². The smallest absolute Gasteiger partial charge is 0.371 e. The Balaban J connectivity index is 2.36. The van der Waals surface area contributed by atoms with E-state index in [1.165, 1.54) is 12.1 Å². The summed E-state index contributed by atoms with van der Waals surface area (Å²) in [7, 11) is 0. The molecule has 0 unspecified atom stereocenters. The number of carbonyl (C=O) groups excluding carboxylic acids is 2. The summed E-state index contributed by atoms with van der Waals surface area (Å²) >= 11 is 0. The zero-order chi connectivity index (χ0) is 15.3. The highest BCUT2D eigenvalue weighted by atomic mass is 16.4. The molecule has 0 aliphatic heterocycles. The molecule has 20 heavy (non-hydrogen) atoms. The monoisotopic (exact) mass is 282 g/mol. The van der Waals surface area contributed by atoms with Crippen LogP contribution in [0.25, 0.3) is 0 Å². The maximum atomic E-state index is 11.5. The molecule has 0 spiro atoms. The van der Waals surface area contributed by atoms with Gasteiger partial charge in [-0.2, -0.15) is 0 Å². The quantitative estimate of drug-likeness (QED) is 0.738. The third kappa shape index (κ3) is 4.75. The Morgan fingerprint density at radius 1 is 1.20 bits per heavy atom. The Labute approximate surface area is 116 Å². The molecule has 0 atom stereocenters. The van der Waals surface area contributed by atoms with Crippen molar-refractivity contribution < 1.29 is 23.9 Å². The standard InChI is InChI=1S/C13H18N2O5/c1-13(2,3)12(19)15-7-10(16)14-6-8-4-5-9(20-8)11(17)18/h4-5H,6-7H2,1-3H3,(H,14,16)(H,15,19)(H,17,18). The third-order valence-electron chi connectivity index (χ3n) is 2.42. The van der Waals surface area contributed by atoms with Gasteiger partial charge < -0.3 is 20.2 Å². The molecule has 0 aromatic carbocycles. The summed E-state index contributed by atoms with van der Waals surface area (Å²) in [5.74, 6) is -1.62. The number of carboxylic acid groups (broad SMARTS) is 1. The van der Waals surface area contributed by atoms with Gasteiger partial charge in [0.1, 0.15) is 5.76 Å². The van der Waals surface area contributed by atoms with Gasteiger partial charge in [0.15, 0.2) is 0 Å². The average Bonchev–Trinajstić information content (AvgIpc) is 2.81. The Morgan fingerprint density at radius 3 is 2.35 bits per heavy atom. The van der Waals surface area contributed by atoms with Crippen molar-refractivity contribution in [3.63, 3.8) is 0 Å². The van der Waals surface area contributed by atoms with Crippen LogP contribution in [-0.2, 0) is 16.1 Å². The molecule has 7 nitrogen and oxygen atoms in total. The highest BCUT2D eigenvalue weighted by molar-refractivity contribution is 5.87. The fourth-order valence-electron chi connectivity index (χ4n) is 1.26. The molecule has 110 valence electrons. The third-order valence-corrected chi connectivity index (χ3v) is 2.42. The fraction of sp³-hybridized carbons (Fsp3) is 0.462. The van der Waals surface area contributed by atoms with Crippen LogP contribution in [0.3, 0.4) is 0 Å². The topological polar surface area (TPSA) is 109 Å². The van der Waals surface area contributed by atoms with E-state index in [2.05, 4.69) is 10.6 Å². The van der Waals surface area contributed by atoms with E-state index in [0.717, 1.165) is 0 Å². The lowest BCUT2D eigenvalue weighted by atomic mass is 9.96. The minimum atomic E-state index is -1.17. The minimum absolute atomic E-state index is 0.0670. The molecular weight excluding hydrogens is 264 g/mol. The van der Waals surface area contributed by atoms with Crippen molar-refractivity contribution in [1.82, 2.24) is 10.6 Å². The molecule has 7 heteroatoms. The predicted molar refractivity (Wildman–Crippen MR) is 70.0 cm³/mol. The summed E-state index contributed by atoms with van der Waals surface area (Å²) in [6.07, 6.45) is 0. The summed E-state index contributed by atoms with van der Waals surface area (Å²) in [4.78, 5) is 33.6. The summed E-state index contributed by atoms with van der Waals surface area (Å²) in [6, 6.07) is 2.78. The second-order valence-electron chi connectivity index (χ2n) is 5.28. The van der Waals surface area contributed by atoms with Gasteiger partial charge in [-0.1, -0.05) is 20.8 Å². The lowest BCUT2D eigenvalue weighted by Gasteiger charge is -2.17. The molecule has 2 amide bonds. The highest BCUT2D eigenvalue weighted by Gasteiger charge is 2.21. The van der Waals surface area contributed by atoms with E-state index in [1.807, 2.05) is 0 Å². The van der Waals surface area contributed by atoms with Gasteiger partial charge in [0.2, 0.25) is 17.6 Å². The largest absolute Gasteiger partial charge is 0.475 e. The van der Waals surface area contributed by atoms with Crippen LogP contribution in [0, 0.1) is 5.41 Å². The van der Waals surface area contributed by atoms with Crippen LogP contribution in [0.1, 0.15) is 37.1 Å². The highest BCUT2D eigenvalue weighted by Crippen LogP contribution is 2.12. The van der Waals surface area contributed by atoms with Crippen molar-refractivity contribution >= 4 is 17.8 Å². The van der Waals surface area contributed by atoms with Crippen molar-refractivity contribution in [2.75, 3.05) is 6.54 Å². The average molecular weight is 282 g/mol. The van der Waals surface area contributed by atoms with Crippen LogP contribution >= 0.6 is 0 Å². The van der Waals surface area contributed by atoms with Gasteiger partial charge in [-0.15, -0.1) is 0 Å². The molecular formula is C13H18N2O5. The van der Waals surface area contributed by atoms with Gasteiger partial charge in [0, 0.05) is 5.41 Å². The number of hydrogen-bond acceptors (Lipinski definition) is 4. The van der Waals surface area contributed by atoms with E-state index in [4.69, 9.17) is 9.52 Å². The summed E-state index contributed by atoms with van der Waals surface area (Å²) in [5.41, 5.74) is -0.558. The van der Waals surface area contributed by atoms with Crippen molar-refractivity contribution in [2.45, 2.75) is 27.3 Å². The first-order valence-corrected chi connectivity index (χ1v) is 6.07. The first kappa shape index (κ1) is 15.7. The molecule has 0 radical (unpaired) electrons. The minimum Gasteiger partial charge on any atom is -0.475 e. The molecule has 0 saturated heterocycles. The summed E-state index contributed by atoms with van der Waals surface area (Å²) in [5, 5.41) is 13.7. The van der Waals surface area contributed by atoms with E-state index in [0.29, 0.717) is 5.76 Å². The Bertz CT molecular complexity index is 513. The van der Waals surface area contributed by atoms with Gasteiger partial charge in [0.05, 0.1) is 13.1 Å². The molecule has 0 aliphatic carbocycles. The maximum absolute atomic E-state index is 11.5. The molecule has 0 bridgehead atoms. The first-order valence-electron chi connectivity index (χ1n) is 6.07. The van der Waals surface area contributed by atoms with E-state index < -0.39 is 11.4 Å². The summed E-state index contributed by atoms with van der Waals surface area (Å²) < 4.78 is 4.97. The van der Waals surface area contributed by atoms with Gasteiger partial charge >= 0.3 is 5.97 Å². The lowest BCUT2D eigenvalue weighted by Crippen LogP contribution is -2.41. The molecule has 0 fully saturated rings. The van der Waals surface area contributed by atoms with Crippen LogP contribution in [0.5, 0.6) is 0 Å². The van der Waals surface area contributed by atoms with Crippen LogP contribution < -0.4 is 10.6 Å². The number of amides is 2. The first-order chi connectivity index (χ1) is 9.20. The maximum Gasteiger partial charge on any atom is 0.371 e. The van der Waals surface area contributed by atoms with Gasteiger partial charge in [0.25, 0.3) is 0 Å². The second-order valence-corrected chi connectivity index (χ2v) is 5.28. The molecule has 0 aliphatic rings. The molecule has 1 aromatic rings. The molecule has 1 heterocycles. The Morgan fingerprint density at radius 2 is 1.85 bits per heavy atom. The van der Waals surface area contributed by atoms with Crippen molar-refractivity contribution in [1.29, 1.82) is 0 Å². The number of furan rings is 1. The molecule has 3 N–H and O–H groups in total. The number of rotatable bonds is 5. The lowest BCUT2D eigenvalue weighted by molar-refractivity contribution is -0.131. The van der Waals surface area contributed by atoms with E-state index in [-0.39, 0.29) is 30.7 Å². The zero-order valence-electron chi connectivity index (χ0n) is 11.6. The Hall–Kier alpha value is -2.31. The molecule has 1 rings (SSSR count). The van der Waals surface area contributed by atoms with Crippen molar-refractivity contribution in [3.05, 3.63) is 23.7 Å². The SMILES string of the molecule is CC(C)(C)C(=O)NCC(=O)NCc1ccc(C(=O)O)o1. The van der Waals surface area contributed by atoms with Crippen LogP contribution in [0.15, 0.2) is 16.5 Å².